The second-order valence-corrected chi connectivity index (χ2v) is 7.57. The van der Waals surface area contributed by atoms with Crippen LogP contribution in [0.2, 0.25) is 0 Å². The monoisotopic (exact) mass is 260 g/mol. The highest BCUT2D eigenvalue weighted by Gasteiger charge is 2.32. The Morgan fingerprint density at radius 2 is 1.94 bits per heavy atom. The van der Waals surface area contributed by atoms with Crippen LogP contribution >= 0.6 is 0 Å². The van der Waals surface area contributed by atoms with Crippen LogP contribution in [0.25, 0.3) is 0 Å². The molecule has 100 valence electrons. The minimum atomic E-state index is -3.14. The molecule has 1 unspecified atom stereocenters. The van der Waals surface area contributed by atoms with Crippen LogP contribution in [-0.4, -0.2) is 32.3 Å². The van der Waals surface area contributed by atoms with Gasteiger partial charge in [-0.2, -0.15) is 0 Å². The highest BCUT2D eigenvalue weighted by Crippen LogP contribution is 2.28. The van der Waals surface area contributed by atoms with Gasteiger partial charge in [0.15, 0.2) is 0 Å². The molecule has 2 N–H and O–H groups in total. The van der Waals surface area contributed by atoms with E-state index in [2.05, 4.69) is 10.0 Å². The first-order valence-electron chi connectivity index (χ1n) is 6.74. The summed E-state index contributed by atoms with van der Waals surface area (Å²) >= 11 is 0. The normalized spacial score (nSPS) is 29.4. The van der Waals surface area contributed by atoms with Crippen LogP contribution in [0, 0.1) is 0 Å². The van der Waals surface area contributed by atoms with Gasteiger partial charge in [-0.1, -0.05) is 19.3 Å². The van der Waals surface area contributed by atoms with Crippen LogP contribution in [0.4, 0.5) is 0 Å². The van der Waals surface area contributed by atoms with Crippen molar-refractivity contribution in [3.05, 3.63) is 0 Å². The second-order valence-electron chi connectivity index (χ2n) is 5.80. The standard InChI is InChI=1S/C12H24N2O2S/c1-12(7-3-2-4-8-12)14-17(15,16)10-11-6-5-9-13-11/h11,13-14H,2-10H2,1H3. The van der Waals surface area contributed by atoms with Crippen molar-refractivity contribution in [3.63, 3.8) is 0 Å². The second kappa shape index (κ2) is 5.24. The Kier molecular flexibility index (Phi) is 4.10. The fourth-order valence-corrected chi connectivity index (χ4v) is 4.87. The maximum Gasteiger partial charge on any atom is 0.213 e. The predicted octanol–water partition coefficient (Wildman–Crippen LogP) is 1.38. The van der Waals surface area contributed by atoms with Crippen molar-refractivity contribution in [1.82, 2.24) is 10.0 Å². The summed E-state index contributed by atoms with van der Waals surface area (Å²) in [6, 6.07) is 0.152. The largest absolute Gasteiger partial charge is 0.313 e. The first-order valence-corrected chi connectivity index (χ1v) is 8.39. The Morgan fingerprint density at radius 1 is 1.24 bits per heavy atom. The average molecular weight is 260 g/mol. The molecule has 0 aromatic rings. The molecule has 0 bridgehead atoms. The number of hydrogen-bond acceptors (Lipinski definition) is 3. The van der Waals surface area contributed by atoms with E-state index in [1.165, 1.54) is 6.42 Å². The van der Waals surface area contributed by atoms with Gasteiger partial charge in [0.1, 0.15) is 0 Å². The molecule has 1 atom stereocenters. The van der Waals surface area contributed by atoms with Crippen LogP contribution in [0.3, 0.4) is 0 Å². The Labute approximate surface area is 105 Å². The smallest absolute Gasteiger partial charge is 0.213 e. The lowest BCUT2D eigenvalue weighted by Gasteiger charge is -2.34. The summed E-state index contributed by atoms with van der Waals surface area (Å²) in [4.78, 5) is 0. The molecule has 0 spiro atoms. The van der Waals surface area contributed by atoms with Gasteiger partial charge in [0.2, 0.25) is 10.0 Å². The molecular weight excluding hydrogens is 236 g/mol. The van der Waals surface area contributed by atoms with Crippen LogP contribution in [0.5, 0.6) is 0 Å². The zero-order valence-corrected chi connectivity index (χ0v) is 11.5. The molecule has 0 amide bonds. The molecule has 0 radical (unpaired) electrons. The minimum absolute atomic E-state index is 0.152. The fraction of sp³-hybridized carbons (Fsp3) is 1.00. The van der Waals surface area contributed by atoms with Crippen molar-refractivity contribution >= 4 is 10.0 Å². The number of sulfonamides is 1. The molecule has 0 aromatic heterocycles. The van der Waals surface area contributed by atoms with Crippen molar-refractivity contribution in [2.75, 3.05) is 12.3 Å². The third kappa shape index (κ3) is 3.93. The lowest BCUT2D eigenvalue weighted by Crippen LogP contribution is -2.49. The molecule has 1 heterocycles. The van der Waals surface area contributed by atoms with Crippen molar-refractivity contribution in [2.24, 2.45) is 0 Å². The van der Waals surface area contributed by atoms with E-state index in [0.29, 0.717) is 0 Å². The summed E-state index contributed by atoms with van der Waals surface area (Å²) in [5.74, 6) is 0.239. The summed E-state index contributed by atoms with van der Waals surface area (Å²) in [5.41, 5.74) is -0.199. The van der Waals surface area contributed by atoms with E-state index in [1.54, 1.807) is 0 Å². The number of nitrogens with one attached hydrogen (secondary N) is 2. The Bertz CT molecular complexity index is 342. The van der Waals surface area contributed by atoms with Gasteiger partial charge in [-0.05, 0) is 39.2 Å². The quantitative estimate of drug-likeness (QED) is 0.803. The molecule has 4 nitrogen and oxygen atoms in total. The van der Waals surface area contributed by atoms with Gasteiger partial charge in [0.05, 0.1) is 5.75 Å². The van der Waals surface area contributed by atoms with Crippen LogP contribution in [0.1, 0.15) is 51.9 Å². The van der Waals surface area contributed by atoms with Crippen molar-refractivity contribution < 1.29 is 8.42 Å². The molecule has 2 aliphatic rings. The summed E-state index contributed by atoms with van der Waals surface area (Å²) < 4.78 is 27.1. The first kappa shape index (κ1) is 13.3. The van der Waals surface area contributed by atoms with Crippen LogP contribution < -0.4 is 10.0 Å². The molecule has 2 rings (SSSR count). The van der Waals surface area contributed by atoms with E-state index in [4.69, 9.17) is 0 Å². The highest BCUT2D eigenvalue weighted by atomic mass is 32.2. The van der Waals surface area contributed by atoms with Crippen LogP contribution in [0.15, 0.2) is 0 Å². The van der Waals surface area contributed by atoms with E-state index < -0.39 is 10.0 Å². The van der Waals surface area contributed by atoms with Gasteiger partial charge < -0.3 is 5.32 Å². The lowest BCUT2D eigenvalue weighted by molar-refractivity contribution is 0.293. The van der Waals surface area contributed by atoms with Gasteiger partial charge in [0.25, 0.3) is 0 Å². The SMILES string of the molecule is CC1(NS(=O)(=O)CC2CCCN2)CCCCC1. The minimum Gasteiger partial charge on any atom is -0.313 e. The van der Waals surface area contributed by atoms with Gasteiger partial charge in [-0.25, -0.2) is 13.1 Å². The molecule has 17 heavy (non-hydrogen) atoms. The van der Waals surface area contributed by atoms with E-state index in [0.717, 1.165) is 45.1 Å². The fourth-order valence-electron chi connectivity index (χ4n) is 3.02. The Hall–Kier alpha value is -0.130. The Morgan fingerprint density at radius 3 is 2.53 bits per heavy atom. The molecular formula is C12H24N2O2S. The van der Waals surface area contributed by atoms with E-state index in [9.17, 15) is 8.42 Å². The van der Waals surface area contributed by atoms with E-state index in [1.807, 2.05) is 6.92 Å². The predicted molar refractivity (Wildman–Crippen MR) is 69.4 cm³/mol. The van der Waals surface area contributed by atoms with Gasteiger partial charge in [-0.15, -0.1) is 0 Å². The molecule has 2 fully saturated rings. The lowest BCUT2D eigenvalue weighted by atomic mass is 9.84. The first-order chi connectivity index (χ1) is 7.99. The molecule has 0 aromatic carbocycles. The zero-order chi connectivity index (χ0) is 12.4. The third-order valence-electron chi connectivity index (χ3n) is 3.94. The summed E-state index contributed by atoms with van der Waals surface area (Å²) in [6.07, 6.45) is 7.55. The highest BCUT2D eigenvalue weighted by molar-refractivity contribution is 7.89. The van der Waals surface area contributed by atoms with E-state index >= 15 is 0 Å². The number of hydrogen-bond donors (Lipinski definition) is 2. The molecule has 1 saturated heterocycles. The molecule has 1 aliphatic heterocycles. The van der Waals surface area contributed by atoms with Crippen molar-refractivity contribution in [1.29, 1.82) is 0 Å². The van der Waals surface area contributed by atoms with E-state index in [-0.39, 0.29) is 17.3 Å². The van der Waals surface area contributed by atoms with Gasteiger partial charge in [0, 0.05) is 11.6 Å². The Balaban J connectivity index is 1.91. The molecule has 1 aliphatic carbocycles. The third-order valence-corrected chi connectivity index (χ3v) is 5.59. The topological polar surface area (TPSA) is 58.2 Å². The molecule has 1 saturated carbocycles. The maximum atomic E-state index is 12.1. The number of rotatable bonds is 4. The average Bonchev–Trinajstić information content (AvgIpc) is 2.68. The molecule has 5 heteroatoms. The zero-order valence-electron chi connectivity index (χ0n) is 10.7. The summed E-state index contributed by atoms with van der Waals surface area (Å²) in [7, 11) is -3.14. The van der Waals surface area contributed by atoms with Gasteiger partial charge >= 0.3 is 0 Å². The maximum absolute atomic E-state index is 12.1. The summed E-state index contributed by atoms with van der Waals surface area (Å²) in [6.45, 7) is 3.00. The summed E-state index contributed by atoms with van der Waals surface area (Å²) in [5, 5.41) is 3.24. The van der Waals surface area contributed by atoms with Crippen molar-refractivity contribution in [2.45, 2.75) is 63.5 Å². The van der Waals surface area contributed by atoms with Gasteiger partial charge in [-0.3, -0.25) is 0 Å². The van der Waals surface area contributed by atoms with Crippen molar-refractivity contribution in [3.8, 4) is 0 Å². The van der Waals surface area contributed by atoms with Crippen LogP contribution in [-0.2, 0) is 10.0 Å².